The van der Waals surface area contributed by atoms with E-state index >= 15 is 0 Å². The summed E-state index contributed by atoms with van der Waals surface area (Å²) in [5.74, 6) is -0.0905. The third kappa shape index (κ3) is 2.71. The summed E-state index contributed by atoms with van der Waals surface area (Å²) in [6.45, 7) is 0.240. The predicted octanol–water partition coefficient (Wildman–Crippen LogP) is 2.69. The maximum atomic E-state index is 12.4. The number of aromatic amines is 1. The van der Waals surface area contributed by atoms with Crippen molar-refractivity contribution in [2.75, 3.05) is 26.1 Å². The average Bonchev–Trinajstić information content (AvgIpc) is 3.02. The minimum absolute atomic E-state index is 0.240. The molecule has 2 N–H and O–H groups in total. The first-order valence-electron chi connectivity index (χ1n) is 7.02. The van der Waals surface area contributed by atoms with Gasteiger partial charge >= 0.3 is 5.97 Å². The Morgan fingerprint density at radius 1 is 1.30 bits per heavy atom. The summed E-state index contributed by atoms with van der Waals surface area (Å²) in [6, 6.07) is 7.42. The van der Waals surface area contributed by atoms with Crippen LogP contribution in [0.25, 0.3) is 0 Å². The first kappa shape index (κ1) is 15.6. The van der Waals surface area contributed by atoms with Crippen molar-refractivity contribution in [2.45, 2.75) is 5.92 Å². The average molecular weight is 334 g/mol. The molecule has 0 saturated carbocycles. The molecule has 0 bridgehead atoms. The zero-order chi connectivity index (χ0) is 16.4. The van der Waals surface area contributed by atoms with Gasteiger partial charge in [0.2, 0.25) is 0 Å². The second kappa shape index (κ2) is 6.44. The van der Waals surface area contributed by atoms with E-state index in [1.165, 1.54) is 7.11 Å². The lowest BCUT2D eigenvalue weighted by atomic mass is 9.82. The maximum Gasteiger partial charge on any atom is 0.336 e. The number of fused-ring (bicyclic) bond motifs is 1. The molecule has 0 aliphatic carbocycles. The van der Waals surface area contributed by atoms with Crippen molar-refractivity contribution in [3.05, 3.63) is 57.9 Å². The number of anilines is 1. The highest BCUT2D eigenvalue weighted by Gasteiger charge is 2.36. The SMILES string of the molecule is COCC1=C(C(=O)OC)C(c2ccccc2Cl)c2cn[nH]c2N1. The first-order chi connectivity index (χ1) is 11.2. The van der Waals surface area contributed by atoms with Crippen LogP contribution in [0, 0.1) is 0 Å². The molecular formula is C16H16ClN3O3. The molecule has 1 aromatic carbocycles. The summed E-state index contributed by atoms with van der Waals surface area (Å²) < 4.78 is 10.2. The fourth-order valence-corrected chi connectivity index (χ4v) is 3.05. The number of nitrogens with one attached hydrogen (secondary N) is 2. The number of nitrogens with zero attached hydrogens (tertiary/aromatic N) is 1. The number of rotatable bonds is 4. The van der Waals surface area contributed by atoms with E-state index in [1.54, 1.807) is 19.4 Å². The molecule has 2 aromatic rings. The fraction of sp³-hybridized carbons (Fsp3) is 0.250. The third-order valence-electron chi connectivity index (χ3n) is 3.78. The number of ether oxygens (including phenoxy) is 2. The molecule has 1 unspecified atom stereocenters. The number of H-pyrrole nitrogens is 1. The highest BCUT2D eigenvalue weighted by Crippen LogP contribution is 2.43. The Bertz CT molecular complexity index is 769. The molecule has 6 nitrogen and oxygen atoms in total. The summed E-state index contributed by atoms with van der Waals surface area (Å²) in [4.78, 5) is 12.4. The van der Waals surface area contributed by atoms with Crippen LogP contribution in [0.15, 0.2) is 41.7 Å². The Kier molecular flexibility index (Phi) is 4.36. The van der Waals surface area contributed by atoms with E-state index in [-0.39, 0.29) is 12.5 Å². The van der Waals surface area contributed by atoms with E-state index in [2.05, 4.69) is 15.5 Å². The molecule has 1 aliphatic heterocycles. The molecule has 1 aromatic heterocycles. The number of aromatic nitrogens is 2. The number of methoxy groups -OCH3 is 2. The summed E-state index contributed by atoms with van der Waals surface area (Å²) in [5.41, 5.74) is 2.74. The van der Waals surface area contributed by atoms with Crippen LogP contribution in [0.4, 0.5) is 5.82 Å². The van der Waals surface area contributed by atoms with Gasteiger partial charge in [0.25, 0.3) is 0 Å². The van der Waals surface area contributed by atoms with Crippen molar-refractivity contribution >= 4 is 23.4 Å². The van der Waals surface area contributed by atoms with Gasteiger partial charge in [0.05, 0.1) is 31.2 Å². The number of carbonyl (C=O) groups excluding carboxylic acids is 1. The molecule has 0 saturated heterocycles. The lowest BCUT2D eigenvalue weighted by Crippen LogP contribution is -2.26. The predicted molar refractivity (Wildman–Crippen MR) is 86.4 cm³/mol. The van der Waals surface area contributed by atoms with Crippen molar-refractivity contribution in [2.24, 2.45) is 0 Å². The van der Waals surface area contributed by atoms with E-state index < -0.39 is 5.97 Å². The molecule has 0 amide bonds. The Hall–Kier alpha value is -2.31. The molecule has 3 rings (SSSR count). The third-order valence-corrected chi connectivity index (χ3v) is 4.12. The molecule has 2 heterocycles. The highest BCUT2D eigenvalue weighted by atomic mass is 35.5. The first-order valence-corrected chi connectivity index (χ1v) is 7.40. The standard InChI is InChI=1S/C16H16ClN3O3/c1-22-8-12-14(16(21)23-2)13(9-5-3-4-6-11(9)17)10-7-18-20-15(10)19-12/h3-7,13H,8H2,1-2H3,(H2,18,19,20). The van der Waals surface area contributed by atoms with E-state index in [4.69, 9.17) is 21.1 Å². The lowest BCUT2D eigenvalue weighted by Gasteiger charge is -2.28. The molecule has 0 radical (unpaired) electrons. The summed E-state index contributed by atoms with van der Waals surface area (Å²) in [6.07, 6.45) is 1.68. The molecule has 7 heteroatoms. The number of carbonyl (C=O) groups is 1. The largest absolute Gasteiger partial charge is 0.466 e. The molecular weight excluding hydrogens is 318 g/mol. The topological polar surface area (TPSA) is 76.2 Å². The van der Waals surface area contributed by atoms with Crippen LogP contribution in [0.1, 0.15) is 17.0 Å². The van der Waals surface area contributed by atoms with Crippen LogP contribution < -0.4 is 5.32 Å². The summed E-state index contributed by atoms with van der Waals surface area (Å²) in [5, 5.41) is 10.7. The van der Waals surface area contributed by atoms with Gasteiger partial charge in [-0.25, -0.2) is 4.79 Å². The number of halogens is 1. The second-order valence-electron chi connectivity index (χ2n) is 5.10. The Morgan fingerprint density at radius 2 is 2.09 bits per heavy atom. The normalized spacial score (nSPS) is 16.7. The van der Waals surface area contributed by atoms with Crippen LogP contribution in [0.2, 0.25) is 5.02 Å². The molecule has 1 aliphatic rings. The highest BCUT2D eigenvalue weighted by molar-refractivity contribution is 6.31. The van der Waals surface area contributed by atoms with Crippen LogP contribution in [-0.2, 0) is 14.3 Å². The molecule has 1 atom stereocenters. The van der Waals surface area contributed by atoms with Gasteiger partial charge < -0.3 is 14.8 Å². The van der Waals surface area contributed by atoms with Gasteiger partial charge in [0, 0.05) is 23.6 Å². The van der Waals surface area contributed by atoms with Crippen LogP contribution in [0.5, 0.6) is 0 Å². The van der Waals surface area contributed by atoms with Gasteiger partial charge in [-0.2, -0.15) is 5.10 Å². The van der Waals surface area contributed by atoms with Crippen molar-refractivity contribution in [3.63, 3.8) is 0 Å². The minimum Gasteiger partial charge on any atom is -0.466 e. The Balaban J connectivity index is 2.23. The Morgan fingerprint density at radius 3 is 2.78 bits per heavy atom. The van der Waals surface area contributed by atoms with Crippen LogP contribution >= 0.6 is 11.6 Å². The summed E-state index contributed by atoms with van der Waals surface area (Å²) in [7, 11) is 2.92. The Labute approximate surface area is 138 Å². The minimum atomic E-state index is -0.429. The van der Waals surface area contributed by atoms with E-state index in [9.17, 15) is 4.79 Å². The van der Waals surface area contributed by atoms with Crippen LogP contribution in [-0.4, -0.2) is 37.0 Å². The van der Waals surface area contributed by atoms with E-state index in [0.717, 1.165) is 16.9 Å². The van der Waals surface area contributed by atoms with Gasteiger partial charge in [-0.05, 0) is 11.6 Å². The van der Waals surface area contributed by atoms with Crippen molar-refractivity contribution in [3.8, 4) is 0 Å². The maximum absolute atomic E-state index is 12.4. The lowest BCUT2D eigenvalue weighted by molar-refractivity contribution is -0.136. The van der Waals surface area contributed by atoms with Gasteiger partial charge in [-0.3, -0.25) is 5.10 Å². The quantitative estimate of drug-likeness (QED) is 0.841. The number of hydrogen-bond acceptors (Lipinski definition) is 5. The zero-order valence-corrected chi connectivity index (χ0v) is 13.5. The zero-order valence-electron chi connectivity index (χ0n) is 12.7. The van der Waals surface area contributed by atoms with E-state index in [1.807, 2.05) is 18.2 Å². The van der Waals surface area contributed by atoms with Crippen molar-refractivity contribution < 1.29 is 14.3 Å². The van der Waals surface area contributed by atoms with Crippen molar-refractivity contribution in [1.29, 1.82) is 0 Å². The number of esters is 1. The van der Waals surface area contributed by atoms with Gasteiger partial charge in [-0.1, -0.05) is 29.8 Å². The molecule has 0 spiro atoms. The molecule has 23 heavy (non-hydrogen) atoms. The smallest absolute Gasteiger partial charge is 0.336 e. The number of benzene rings is 1. The van der Waals surface area contributed by atoms with Gasteiger partial charge in [-0.15, -0.1) is 0 Å². The van der Waals surface area contributed by atoms with Crippen molar-refractivity contribution in [1.82, 2.24) is 10.2 Å². The molecule has 120 valence electrons. The van der Waals surface area contributed by atoms with Crippen LogP contribution in [0.3, 0.4) is 0 Å². The van der Waals surface area contributed by atoms with E-state index in [0.29, 0.717) is 16.3 Å². The van der Waals surface area contributed by atoms with Gasteiger partial charge in [0.15, 0.2) is 0 Å². The fourth-order valence-electron chi connectivity index (χ4n) is 2.80. The monoisotopic (exact) mass is 333 g/mol. The number of hydrogen-bond donors (Lipinski definition) is 2. The van der Waals surface area contributed by atoms with Gasteiger partial charge in [0.1, 0.15) is 5.82 Å². The molecule has 0 fully saturated rings. The second-order valence-corrected chi connectivity index (χ2v) is 5.50. The summed E-state index contributed by atoms with van der Waals surface area (Å²) >= 11 is 6.37.